The van der Waals surface area contributed by atoms with Gasteiger partial charge in [0.05, 0.1) is 0 Å². The second kappa shape index (κ2) is 5.34. The van der Waals surface area contributed by atoms with E-state index in [-0.39, 0.29) is 0 Å². The minimum absolute atomic E-state index is 0.320. The van der Waals surface area contributed by atoms with Gasteiger partial charge in [0, 0.05) is 37.3 Å². The fourth-order valence-electron chi connectivity index (χ4n) is 4.76. The summed E-state index contributed by atoms with van der Waals surface area (Å²) < 4.78 is 0. The molecule has 2 heterocycles. The number of nitrogens with zero attached hydrogens (tertiary/aromatic N) is 2. The van der Waals surface area contributed by atoms with Gasteiger partial charge in [-0.25, -0.2) is 0 Å². The molecule has 0 amide bonds. The highest BCUT2D eigenvalue weighted by Gasteiger charge is 2.45. The van der Waals surface area contributed by atoms with E-state index in [9.17, 15) is 0 Å². The normalized spacial score (nSPS) is 45.3. The Labute approximate surface area is 118 Å². The minimum Gasteiger partial charge on any atom is -0.329 e. The lowest BCUT2D eigenvalue weighted by Gasteiger charge is -2.54. The Morgan fingerprint density at radius 1 is 1.11 bits per heavy atom. The highest BCUT2D eigenvalue weighted by atomic mass is 15.3. The summed E-state index contributed by atoms with van der Waals surface area (Å²) in [4.78, 5) is 5.53. The number of fused-ring (bicyclic) bond motifs is 1. The summed E-state index contributed by atoms with van der Waals surface area (Å²) in [5, 5.41) is 0. The first-order valence-electron chi connectivity index (χ1n) is 8.35. The molecule has 110 valence electrons. The Balaban J connectivity index is 1.75. The van der Waals surface area contributed by atoms with Crippen LogP contribution in [0.3, 0.4) is 0 Å². The smallest absolute Gasteiger partial charge is 0.0335 e. The number of nitrogens with two attached hydrogens (primary N) is 1. The Morgan fingerprint density at radius 2 is 1.84 bits per heavy atom. The molecular weight excluding hydrogens is 234 g/mol. The fraction of sp³-hybridized carbons (Fsp3) is 1.00. The van der Waals surface area contributed by atoms with Gasteiger partial charge in [-0.15, -0.1) is 0 Å². The second-order valence-corrected chi connectivity index (χ2v) is 7.40. The van der Waals surface area contributed by atoms with Gasteiger partial charge in [0.1, 0.15) is 0 Å². The zero-order valence-corrected chi connectivity index (χ0v) is 12.8. The van der Waals surface area contributed by atoms with Crippen molar-refractivity contribution < 1.29 is 0 Å². The molecule has 2 saturated heterocycles. The van der Waals surface area contributed by atoms with Crippen LogP contribution in [-0.4, -0.2) is 53.6 Å². The second-order valence-electron chi connectivity index (χ2n) is 7.40. The van der Waals surface area contributed by atoms with Crippen LogP contribution in [0.5, 0.6) is 0 Å². The number of piperazine rings is 1. The van der Waals surface area contributed by atoms with Crippen molar-refractivity contribution in [2.24, 2.45) is 11.7 Å². The highest BCUT2D eigenvalue weighted by Crippen LogP contribution is 2.39. The Bertz CT molecular complexity index is 309. The molecule has 0 spiro atoms. The van der Waals surface area contributed by atoms with Gasteiger partial charge in [-0.05, 0) is 57.9 Å². The van der Waals surface area contributed by atoms with Crippen LogP contribution in [0.25, 0.3) is 0 Å². The van der Waals surface area contributed by atoms with Crippen molar-refractivity contribution in [1.82, 2.24) is 9.80 Å². The van der Waals surface area contributed by atoms with Crippen molar-refractivity contribution in [3.63, 3.8) is 0 Å². The standard InChI is InChI=1S/C16H31N3/c1-13-5-7-16(12-17,8-6-13)19-11-15-4-3-9-18(15)10-14(19)2/h13-15H,3-12,17H2,1-2H3. The molecule has 3 nitrogen and oxygen atoms in total. The zero-order chi connectivity index (χ0) is 13.5. The van der Waals surface area contributed by atoms with E-state index >= 15 is 0 Å². The van der Waals surface area contributed by atoms with E-state index in [1.807, 2.05) is 0 Å². The molecule has 3 aliphatic rings. The quantitative estimate of drug-likeness (QED) is 0.829. The maximum atomic E-state index is 6.26. The third-order valence-electron chi connectivity index (χ3n) is 6.13. The van der Waals surface area contributed by atoms with Crippen LogP contribution in [0, 0.1) is 5.92 Å². The molecule has 0 aromatic carbocycles. The lowest BCUT2D eigenvalue weighted by molar-refractivity contribution is -0.0426. The molecule has 2 N–H and O–H groups in total. The summed E-state index contributed by atoms with van der Waals surface area (Å²) in [5.41, 5.74) is 6.58. The van der Waals surface area contributed by atoms with E-state index < -0.39 is 0 Å². The molecule has 0 aromatic heterocycles. The van der Waals surface area contributed by atoms with Gasteiger partial charge >= 0.3 is 0 Å². The first kappa shape index (κ1) is 13.8. The molecule has 2 atom stereocenters. The van der Waals surface area contributed by atoms with Crippen LogP contribution >= 0.6 is 0 Å². The molecule has 1 aliphatic carbocycles. The molecule has 2 aliphatic heterocycles. The Morgan fingerprint density at radius 3 is 2.53 bits per heavy atom. The number of rotatable bonds is 2. The molecule has 0 bridgehead atoms. The van der Waals surface area contributed by atoms with Crippen molar-refractivity contribution in [2.45, 2.75) is 70.0 Å². The predicted molar refractivity (Wildman–Crippen MR) is 80.2 cm³/mol. The van der Waals surface area contributed by atoms with E-state index in [1.54, 1.807) is 0 Å². The molecule has 2 unspecified atom stereocenters. The van der Waals surface area contributed by atoms with Crippen molar-refractivity contribution in [3.8, 4) is 0 Å². The molecule has 3 heteroatoms. The molecular formula is C16H31N3. The Hall–Kier alpha value is -0.120. The van der Waals surface area contributed by atoms with Crippen molar-refractivity contribution in [2.75, 3.05) is 26.2 Å². The summed E-state index contributed by atoms with van der Waals surface area (Å²) in [5.74, 6) is 0.905. The van der Waals surface area contributed by atoms with Crippen molar-refractivity contribution in [3.05, 3.63) is 0 Å². The Kier molecular flexibility index (Phi) is 3.89. The number of hydrogen-bond donors (Lipinski definition) is 1. The van der Waals surface area contributed by atoms with E-state index in [1.165, 1.54) is 58.2 Å². The highest BCUT2D eigenvalue weighted by molar-refractivity contribution is 5.02. The van der Waals surface area contributed by atoms with Gasteiger partial charge in [-0.2, -0.15) is 0 Å². The predicted octanol–water partition coefficient (Wildman–Crippen LogP) is 2.06. The zero-order valence-electron chi connectivity index (χ0n) is 12.8. The van der Waals surface area contributed by atoms with Crippen LogP contribution in [-0.2, 0) is 0 Å². The van der Waals surface area contributed by atoms with Crippen molar-refractivity contribution in [1.29, 1.82) is 0 Å². The average Bonchev–Trinajstić information content (AvgIpc) is 2.86. The van der Waals surface area contributed by atoms with Gasteiger partial charge in [-0.3, -0.25) is 9.80 Å². The SMILES string of the molecule is CC1CCC(CN)(N2CC3CCCN3CC2C)CC1. The number of hydrogen-bond acceptors (Lipinski definition) is 3. The summed E-state index contributed by atoms with van der Waals surface area (Å²) in [7, 11) is 0. The summed E-state index contributed by atoms with van der Waals surface area (Å²) in [6, 6.07) is 1.50. The van der Waals surface area contributed by atoms with Gasteiger partial charge < -0.3 is 5.73 Å². The van der Waals surface area contributed by atoms with Crippen LogP contribution in [0.15, 0.2) is 0 Å². The monoisotopic (exact) mass is 265 g/mol. The summed E-state index contributed by atoms with van der Waals surface area (Å²) in [6.07, 6.45) is 8.19. The van der Waals surface area contributed by atoms with Crippen LogP contribution < -0.4 is 5.73 Å². The lowest BCUT2D eigenvalue weighted by atomic mass is 9.75. The third kappa shape index (κ3) is 2.45. The van der Waals surface area contributed by atoms with Gasteiger partial charge in [0.15, 0.2) is 0 Å². The lowest BCUT2D eigenvalue weighted by Crippen LogP contribution is -2.66. The fourth-order valence-corrected chi connectivity index (χ4v) is 4.76. The van der Waals surface area contributed by atoms with E-state index in [4.69, 9.17) is 5.73 Å². The van der Waals surface area contributed by atoms with E-state index in [0.29, 0.717) is 11.6 Å². The van der Waals surface area contributed by atoms with Crippen LogP contribution in [0.2, 0.25) is 0 Å². The van der Waals surface area contributed by atoms with Crippen LogP contribution in [0.4, 0.5) is 0 Å². The summed E-state index contributed by atoms with van der Waals surface area (Å²) >= 11 is 0. The maximum absolute atomic E-state index is 6.26. The molecule has 1 saturated carbocycles. The maximum Gasteiger partial charge on any atom is 0.0335 e. The average molecular weight is 265 g/mol. The van der Waals surface area contributed by atoms with Gasteiger partial charge in [0.25, 0.3) is 0 Å². The molecule has 0 aromatic rings. The molecule has 19 heavy (non-hydrogen) atoms. The molecule has 3 rings (SSSR count). The van der Waals surface area contributed by atoms with E-state index in [2.05, 4.69) is 23.6 Å². The first-order chi connectivity index (χ1) is 9.14. The molecule has 0 radical (unpaired) electrons. The van der Waals surface area contributed by atoms with Gasteiger partial charge in [0.2, 0.25) is 0 Å². The van der Waals surface area contributed by atoms with Crippen molar-refractivity contribution >= 4 is 0 Å². The largest absolute Gasteiger partial charge is 0.329 e. The molecule has 3 fully saturated rings. The van der Waals surface area contributed by atoms with Gasteiger partial charge in [-0.1, -0.05) is 6.92 Å². The first-order valence-corrected chi connectivity index (χ1v) is 8.35. The summed E-state index contributed by atoms with van der Waals surface area (Å²) in [6.45, 7) is 9.55. The van der Waals surface area contributed by atoms with Crippen LogP contribution in [0.1, 0.15) is 52.4 Å². The topological polar surface area (TPSA) is 32.5 Å². The third-order valence-corrected chi connectivity index (χ3v) is 6.13. The van der Waals surface area contributed by atoms with E-state index in [0.717, 1.165) is 18.5 Å². The minimum atomic E-state index is 0.320.